The molecule has 1 heterocycles. The normalized spacial score (nSPS) is 18.2. The first-order valence-corrected chi connectivity index (χ1v) is 7.73. The summed E-state index contributed by atoms with van der Waals surface area (Å²) in [6.07, 6.45) is 3.04. The molecule has 0 bridgehead atoms. The summed E-state index contributed by atoms with van der Waals surface area (Å²) in [6, 6.07) is 7.56. The van der Waals surface area contributed by atoms with Crippen LogP contribution in [0.5, 0.6) is 0 Å². The molecule has 1 fully saturated rings. The Hall–Kier alpha value is -1.88. The van der Waals surface area contributed by atoms with Gasteiger partial charge in [-0.15, -0.1) is 0 Å². The molecule has 0 spiro atoms. The number of hydrogen-bond acceptors (Lipinski definition) is 3. The van der Waals surface area contributed by atoms with Gasteiger partial charge in [0.25, 0.3) is 0 Å². The molecule has 1 atom stereocenters. The largest absolute Gasteiger partial charge is 0.480 e. The fraction of sp³-hybridized carbons (Fsp3) is 0.529. The lowest BCUT2D eigenvalue weighted by atomic mass is 10.0. The number of morpholine rings is 1. The third-order valence-corrected chi connectivity index (χ3v) is 3.96. The Bertz CT molecular complexity index is 512. The van der Waals surface area contributed by atoms with E-state index in [9.17, 15) is 9.59 Å². The highest BCUT2D eigenvalue weighted by Crippen LogP contribution is 2.13. The van der Waals surface area contributed by atoms with Gasteiger partial charge in [-0.05, 0) is 31.7 Å². The van der Waals surface area contributed by atoms with Gasteiger partial charge in [0.1, 0.15) is 0 Å². The van der Waals surface area contributed by atoms with Crippen LogP contribution in [0.2, 0.25) is 0 Å². The average Bonchev–Trinajstić information content (AvgIpc) is 2.53. The van der Waals surface area contributed by atoms with Gasteiger partial charge >= 0.3 is 5.97 Å². The standard InChI is InChI=1S/C17H23NO4/c1-13-6-8-14(9-7-13)4-2-3-5-16(19)18-10-11-22-12-15(18)17(20)21/h6-9,15H,2-5,10-12H2,1H3,(H,20,21)/t15-/m0/s1. The zero-order valence-electron chi connectivity index (χ0n) is 13.0. The maximum absolute atomic E-state index is 12.2. The molecule has 0 aromatic heterocycles. The number of ether oxygens (including phenoxy) is 1. The molecule has 22 heavy (non-hydrogen) atoms. The van der Waals surface area contributed by atoms with Gasteiger partial charge in [0.2, 0.25) is 5.91 Å². The fourth-order valence-electron chi connectivity index (χ4n) is 2.61. The molecule has 1 N–H and O–H groups in total. The second-order valence-electron chi connectivity index (χ2n) is 5.71. The summed E-state index contributed by atoms with van der Waals surface area (Å²) >= 11 is 0. The molecule has 5 nitrogen and oxygen atoms in total. The van der Waals surface area contributed by atoms with E-state index in [0.717, 1.165) is 19.3 Å². The van der Waals surface area contributed by atoms with Crippen LogP contribution in [0.25, 0.3) is 0 Å². The molecule has 1 aromatic carbocycles. The summed E-state index contributed by atoms with van der Waals surface area (Å²) in [5, 5.41) is 9.13. The molecule has 1 aliphatic heterocycles. The Labute approximate surface area is 130 Å². The first-order chi connectivity index (χ1) is 10.6. The van der Waals surface area contributed by atoms with Gasteiger partial charge in [-0.25, -0.2) is 4.79 Å². The van der Waals surface area contributed by atoms with Crippen molar-refractivity contribution in [1.82, 2.24) is 4.90 Å². The van der Waals surface area contributed by atoms with Gasteiger partial charge in [0.05, 0.1) is 13.2 Å². The number of aliphatic carboxylic acids is 1. The maximum Gasteiger partial charge on any atom is 0.328 e. The van der Waals surface area contributed by atoms with Gasteiger partial charge in [0, 0.05) is 13.0 Å². The Balaban J connectivity index is 1.74. The third-order valence-electron chi connectivity index (χ3n) is 3.96. The Morgan fingerprint density at radius 3 is 2.68 bits per heavy atom. The Kier molecular flexibility index (Phi) is 5.95. The monoisotopic (exact) mass is 305 g/mol. The number of carbonyl (C=O) groups excluding carboxylic acids is 1. The number of unbranched alkanes of at least 4 members (excludes halogenated alkanes) is 1. The van der Waals surface area contributed by atoms with Crippen LogP contribution < -0.4 is 0 Å². The third kappa shape index (κ3) is 4.56. The number of amides is 1. The number of aryl methyl sites for hydroxylation is 2. The van der Waals surface area contributed by atoms with E-state index in [4.69, 9.17) is 9.84 Å². The second-order valence-corrected chi connectivity index (χ2v) is 5.71. The lowest BCUT2D eigenvalue weighted by molar-refractivity contribution is -0.158. The topological polar surface area (TPSA) is 66.8 Å². The summed E-state index contributed by atoms with van der Waals surface area (Å²) in [5.74, 6) is -1.08. The van der Waals surface area contributed by atoms with Crippen molar-refractivity contribution in [3.8, 4) is 0 Å². The van der Waals surface area contributed by atoms with Crippen molar-refractivity contribution >= 4 is 11.9 Å². The molecule has 0 aliphatic carbocycles. The molecule has 1 saturated heterocycles. The number of carboxylic acids is 1. The summed E-state index contributed by atoms with van der Waals surface area (Å²) in [4.78, 5) is 24.8. The number of benzene rings is 1. The molecule has 2 rings (SSSR count). The number of carbonyl (C=O) groups is 2. The number of hydrogen-bond donors (Lipinski definition) is 1. The molecule has 0 radical (unpaired) electrons. The number of rotatable bonds is 6. The number of carboxylic acid groups (broad SMARTS) is 1. The highest BCUT2D eigenvalue weighted by Gasteiger charge is 2.32. The molecule has 5 heteroatoms. The molecule has 1 aliphatic rings. The fourth-order valence-corrected chi connectivity index (χ4v) is 2.61. The maximum atomic E-state index is 12.2. The summed E-state index contributed by atoms with van der Waals surface area (Å²) in [6.45, 7) is 2.93. The minimum Gasteiger partial charge on any atom is -0.480 e. The van der Waals surface area contributed by atoms with E-state index < -0.39 is 12.0 Å². The summed E-state index contributed by atoms with van der Waals surface area (Å²) < 4.78 is 5.14. The molecule has 0 unspecified atom stereocenters. The van der Waals surface area contributed by atoms with Crippen LogP contribution in [0.3, 0.4) is 0 Å². The van der Waals surface area contributed by atoms with Crippen LogP contribution >= 0.6 is 0 Å². The summed E-state index contributed by atoms with van der Waals surface area (Å²) in [7, 11) is 0. The van der Waals surface area contributed by atoms with Crippen molar-refractivity contribution < 1.29 is 19.4 Å². The van der Waals surface area contributed by atoms with Crippen LogP contribution in [-0.2, 0) is 20.7 Å². The Morgan fingerprint density at radius 1 is 1.27 bits per heavy atom. The lowest BCUT2D eigenvalue weighted by Gasteiger charge is -2.32. The van der Waals surface area contributed by atoms with E-state index in [1.807, 2.05) is 0 Å². The molecular formula is C17H23NO4. The highest BCUT2D eigenvalue weighted by molar-refractivity contribution is 5.83. The first-order valence-electron chi connectivity index (χ1n) is 7.73. The van der Waals surface area contributed by atoms with E-state index in [0.29, 0.717) is 19.6 Å². The SMILES string of the molecule is Cc1ccc(CCCCC(=O)N2CCOC[C@H]2C(=O)O)cc1. The molecule has 1 amide bonds. The van der Waals surface area contributed by atoms with Crippen LogP contribution in [0.15, 0.2) is 24.3 Å². The number of nitrogens with zero attached hydrogens (tertiary/aromatic N) is 1. The zero-order chi connectivity index (χ0) is 15.9. The van der Waals surface area contributed by atoms with Crippen LogP contribution in [0, 0.1) is 6.92 Å². The van der Waals surface area contributed by atoms with Crippen molar-refractivity contribution in [1.29, 1.82) is 0 Å². The smallest absolute Gasteiger partial charge is 0.328 e. The predicted molar refractivity (Wildman–Crippen MR) is 82.7 cm³/mol. The summed E-state index contributed by atoms with van der Waals surface area (Å²) in [5.41, 5.74) is 2.51. The first kappa shape index (κ1) is 16.5. The van der Waals surface area contributed by atoms with E-state index in [1.54, 1.807) is 0 Å². The minimum absolute atomic E-state index is 0.0837. The molecule has 1 aromatic rings. The van der Waals surface area contributed by atoms with Crippen molar-refractivity contribution in [3.63, 3.8) is 0 Å². The van der Waals surface area contributed by atoms with Crippen molar-refractivity contribution in [2.24, 2.45) is 0 Å². The van der Waals surface area contributed by atoms with E-state index in [2.05, 4.69) is 31.2 Å². The van der Waals surface area contributed by atoms with E-state index in [-0.39, 0.29) is 12.5 Å². The minimum atomic E-state index is -0.993. The van der Waals surface area contributed by atoms with Crippen LogP contribution in [0.4, 0.5) is 0 Å². The van der Waals surface area contributed by atoms with Gasteiger partial charge in [-0.2, -0.15) is 0 Å². The van der Waals surface area contributed by atoms with Gasteiger partial charge in [0.15, 0.2) is 6.04 Å². The van der Waals surface area contributed by atoms with Crippen LogP contribution in [0.1, 0.15) is 30.4 Å². The van der Waals surface area contributed by atoms with Crippen molar-refractivity contribution in [3.05, 3.63) is 35.4 Å². The second kappa shape index (κ2) is 7.94. The zero-order valence-corrected chi connectivity index (χ0v) is 13.0. The van der Waals surface area contributed by atoms with Gasteiger partial charge in [-0.1, -0.05) is 29.8 Å². The lowest BCUT2D eigenvalue weighted by Crippen LogP contribution is -2.52. The average molecular weight is 305 g/mol. The highest BCUT2D eigenvalue weighted by atomic mass is 16.5. The molecular weight excluding hydrogens is 282 g/mol. The van der Waals surface area contributed by atoms with E-state index >= 15 is 0 Å². The quantitative estimate of drug-likeness (QED) is 0.817. The molecule has 0 saturated carbocycles. The Morgan fingerprint density at radius 2 is 2.00 bits per heavy atom. The van der Waals surface area contributed by atoms with Crippen molar-refractivity contribution in [2.45, 2.75) is 38.6 Å². The van der Waals surface area contributed by atoms with Gasteiger partial charge in [-0.3, -0.25) is 4.79 Å². The van der Waals surface area contributed by atoms with E-state index in [1.165, 1.54) is 16.0 Å². The predicted octanol–water partition coefficient (Wildman–Crippen LogP) is 2.02. The van der Waals surface area contributed by atoms with Crippen LogP contribution in [-0.4, -0.2) is 47.7 Å². The molecule has 120 valence electrons. The van der Waals surface area contributed by atoms with Gasteiger partial charge < -0.3 is 14.7 Å². The van der Waals surface area contributed by atoms with Crippen molar-refractivity contribution in [2.75, 3.05) is 19.8 Å².